The van der Waals surface area contributed by atoms with Crippen molar-refractivity contribution in [2.24, 2.45) is 5.73 Å². The number of amides is 1. The molecule has 4 N–H and O–H groups in total. The Bertz CT molecular complexity index is 276. The number of aliphatic hydroxyl groups excluding tert-OH is 1. The second kappa shape index (κ2) is 11.1. The smallest absolute Gasteiger partial charge is 0.307 e. The van der Waals surface area contributed by atoms with Crippen molar-refractivity contribution in [2.75, 3.05) is 24.7 Å². The van der Waals surface area contributed by atoms with Crippen molar-refractivity contribution in [2.45, 2.75) is 38.8 Å². The zero-order valence-corrected chi connectivity index (χ0v) is 12.4. The zero-order chi connectivity index (χ0) is 14.7. The van der Waals surface area contributed by atoms with Gasteiger partial charge in [-0.15, -0.1) is 0 Å². The second-order valence-electron chi connectivity index (χ2n) is 3.94. The summed E-state index contributed by atoms with van der Waals surface area (Å²) in [6.07, 6.45) is -0.572. The van der Waals surface area contributed by atoms with Gasteiger partial charge in [-0.2, -0.15) is 11.8 Å². The van der Waals surface area contributed by atoms with Crippen LogP contribution in [0.2, 0.25) is 0 Å². The first kappa shape index (κ1) is 18.2. The first-order valence-electron chi connectivity index (χ1n) is 6.47. The molecule has 0 aromatic carbocycles. The van der Waals surface area contributed by atoms with Crippen LogP contribution in [0.25, 0.3) is 0 Å². The maximum absolute atomic E-state index is 11.6. The Hall–Kier alpha value is -0.790. The van der Waals surface area contributed by atoms with E-state index in [0.29, 0.717) is 13.0 Å². The number of hydrogen-bond donors (Lipinski definition) is 3. The maximum Gasteiger partial charge on any atom is 0.307 e. The van der Waals surface area contributed by atoms with E-state index >= 15 is 0 Å². The number of nitrogens with two attached hydrogens (primary N) is 1. The molecule has 2 atom stereocenters. The number of carbonyl (C=O) groups excluding carboxylic acids is 2. The van der Waals surface area contributed by atoms with Gasteiger partial charge in [0.1, 0.15) is 6.10 Å². The molecule has 0 saturated heterocycles. The van der Waals surface area contributed by atoms with Crippen molar-refractivity contribution in [1.82, 2.24) is 5.32 Å². The Morgan fingerprint density at radius 3 is 2.68 bits per heavy atom. The largest absolute Gasteiger partial charge is 0.466 e. The van der Waals surface area contributed by atoms with Crippen molar-refractivity contribution in [3.8, 4) is 0 Å². The lowest BCUT2D eigenvalue weighted by molar-refractivity contribution is -0.143. The van der Waals surface area contributed by atoms with Gasteiger partial charge in [-0.1, -0.05) is 6.92 Å². The molecule has 0 aliphatic heterocycles. The van der Waals surface area contributed by atoms with E-state index in [1.165, 1.54) is 0 Å². The molecule has 0 bridgehead atoms. The molecular weight excluding hydrogens is 268 g/mol. The molecule has 0 fully saturated rings. The van der Waals surface area contributed by atoms with E-state index in [9.17, 15) is 14.7 Å². The first-order valence-corrected chi connectivity index (χ1v) is 7.63. The van der Waals surface area contributed by atoms with Gasteiger partial charge in [0.2, 0.25) is 5.91 Å². The minimum absolute atomic E-state index is 0.0905. The normalized spacial score (nSPS) is 13.7. The van der Waals surface area contributed by atoms with E-state index in [4.69, 9.17) is 10.5 Å². The fraction of sp³-hybridized carbons (Fsp3) is 0.833. The summed E-state index contributed by atoms with van der Waals surface area (Å²) >= 11 is 1.71. The Labute approximate surface area is 118 Å². The van der Waals surface area contributed by atoms with Crippen LogP contribution in [0.1, 0.15) is 26.7 Å². The number of esters is 1. The quantitative estimate of drug-likeness (QED) is 0.383. The number of carbonyl (C=O) groups is 2. The molecule has 6 nitrogen and oxygen atoms in total. The summed E-state index contributed by atoms with van der Waals surface area (Å²) in [5.41, 5.74) is 5.72. The molecule has 0 spiro atoms. The molecule has 0 radical (unpaired) electrons. The highest BCUT2D eigenvalue weighted by Gasteiger charge is 2.22. The summed E-state index contributed by atoms with van der Waals surface area (Å²) in [5, 5.41) is 12.2. The lowest BCUT2D eigenvalue weighted by Crippen LogP contribution is -2.47. The van der Waals surface area contributed by atoms with E-state index in [0.717, 1.165) is 11.5 Å². The molecular formula is C12H24N2O4S. The van der Waals surface area contributed by atoms with E-state index in [1.54, 1.807) is 18.7 Å². The summed E-state index contributed by atoms with van der Waals surface area (Å²) in [6, 6.07) is -0.582. The van der Waals surface area contributed by atoms with Crippen LogP contribution < -0.4 is 11.1 Å². The molecule has 0 heterocycles. The minimum Gasteiger partial charge on any atom is -0.466 e. The van der Waals surface area contributed by atoms with Gasteiger partial charge in [0.05, 0.1) is 13.0 Å². The van der Waals surface area contributed by atoms with Gasteiger partial charge >= 0.3 is 5.97 Å². The Kier molecular flexibility index (Phi) is 10.6. The fourth-order valence-corrected chi connectivity index (χ4v) is 2.07. The predicted molar refractivity (Wildman–Crippen MR) is 75.9 cm³/mol. The summed E-state index contributed by atoms with van der Waals surface area (Å²) in [6.45, 7) is 4.21. The Morgan fingerprint density at radius 2 is 2.11 bits per heavy atom. The van der Waals surface area contributed by atoms with Gasteiger partial charge in [0, 0.05) is 12.6 Å². The van der Waals surface area contributed by atoms with Gasteiger partial charge in [-0.05, 0) is 24.9 Å². The standard InChI is InChI=1S/C12H24N2O4S/c1-3-18-10(15)5-7-14-12(17)11(16)9(13)6-8-19-4-2/h9,11,16H,3-8,13H2,1-2H3,(H,14,17). The number of ether oxygens (including phenoxy) is 1. The van der Waals surface area contributed by atoms with Gasteiger partial charge in [-0.3, -0.25) is 9.59 Å². The third kappa shape index (κ3) is 8.85. The molecule has 112 valence electrons. The Morgan fingerprint density at radius 1 is 1.42 bits per heavy atom. The number of aliphatic hydroxyl groups is 1. The monoisotopic (exact) mass is 292 g/mol. The van der Waals surface area contributed by atoms with Gasteiger partial charge in [0.15, 0.2) is 0 Å². The number of thioether (sulfide) groups is 1. The third-order valence-electron chi connectivity index (χ3n) is 2.41. The fourth-order valence-electron chi connectivity index (χ4n) is 1.34. The lowest BCUT2D eigenvalue weighted by atomic mass is 10.1. The zero-order valence-electron chi connectivity index (χ0n) is 11.6. The highest BCUT2D eigenvalue weighted by molar-refractivity contribution is 7.99. The number of rotatable bonds is 10. The molecule has 0 aromatic rings. The van der Waals surface area contributed by atoms with Crippen LogP contribution in [0.3, 0.4) is 0 Å². The van der Waals surface area contributed by atoms with E-state index < -0.39 is 18.1 Å². The number of hydrogen-bond acceptors (Lipinski definition) is 6. The van der Waals surface area contributed by atoms with Crippen molar-refractivity contribution >= 4 is 23.6 Å². The summed E-state index contributed by atoms with van der Waals surface area (Å²) in [4.78, 5) is 22.6. The van der Waals surface area contributed by atoms with Crippen LogP contribution in [0.4, 0.5) is 0 Å². The minimum atomic E-state index is -1.24. The van der Waals surface area contributed by atoms with Crippen LogP contribution >= 0.6 is 11.8 Å². The highest BCUT2D eigenvalue weighted by atomic mass is 32.2. The Balaban J connectivity index is 3.83. The average Bonchev–Trinajstić information content (AvgIpc) is 2.38. The van der Waals surface area contributed by atoms with Crippen LogP contribution in [0.5, 0.6) is 0 Å². The van der Waals surface area contributed by atoms with Crippen LogP contribution in [0, 0.1) is 0 Å². The van der Waals surface area contributed by atoms with E-state index in [-0.39, 0.29) is 18.9 Å². The van der Waals surface area contributed by atoms with E-state index in [2.05, 4.69) is 5.32 Å². The van der Waals surface area contributed by atoms with Crippen molar-refractivity contribution in [3.05, 3.63) is 0 Å². The lowest BCUT2D eigenvalue weighted by Gasteiger charge is -2.18. The molecule has 2 unspecified atom stereocenters. The number of nitrogens with one attached hydrogen (secondary N) is 1. The second-order valence-corrected chi connectivity index (χ2v) is 5.33. The average molecular weight is 292 g/mol. The van der Waals surface area contributed by atoms with E-state index in [1.807, 2.05) is 6.92 Å². The molecule has 19 heavy (non-hydrogen) atoms. The third-order valence-corrected chi connectivity index (χ3v) is 3.34. The summed E-state index contributed by atoms with van der Waals surface area (Å²) in [5.74, 6) is 0.874. The van der Waals surface area contributed by atoms with Gasteiger partial charge in [0.25, 0.3) is 0 Å². The molecule has 0 aliphatic carbocycles. The van der Waals surface area contributed by atoms with Crippen LogP contribution in [-0.2, 0) is 14.3 Å². The highest BCUT2D eigenvalue weighted by Crippen LogP contribution is 2.05. The van der Waals surface area contributed by atoms with Crippen LogP contribution in [-0.4, -0.2) is 53.8 Å². The van der Waals surface area contributed by atoms with Crippen molar-refractivity contribution in [1.29, 1.82) is 0 Å². The molecule has 0 rings (SSSR count). The summed E-state index contributed by atoms with van der Waals surface area (Å²) in [7, 11) is 0. The van der Waals surface area contributed by atoms with Crippen LogP contribution in [0.15, 0.2) is 0 Å². The molecule has 0 saturated carbocycles. The topological polar surface area (TPSA) is 102 Å². The van der Waals surface area contributed by atoms with Crippen molar-refractivity contribution in [3.63, 3.8) is 0 Å². The van der Waals surface area contributed by atoms with Gasteiger partial charge < -0.3 is 20.9 Å². The van der Waals surface area contributed by atoms with Crippen molar-refractivity contribution < 1.29 is 19.4 Å². The predicted octanol–water partition coefficient (Wildman–Crippen LogP) is -0.113. The first-order chi connectivity index (χ1) is 9.02. The maximum atomic E-state index is 11.6. The SMILES string of the molecule is CCOC(=O)CCNC(=O)C(O)C(N)CCSCC. The molecule has 0 aromatic heterocycles. The molecule has 7 heteroatoms. The molecule has 1 amide bonds. The van der Waals surface area contributed by atoms with Gasteiger partial charge in [-0.25, -0.2) is 0 Å². The summed E-state index contributed by atoms with van der Waals surface area (Å²) < 4.78 is 4.72. The molecule has 0 aliphatic rings.